The lowest BCUT2D eigenvalue weighted by atomic mass is 9.97. The van der Waals surface area contributed by atoms with Crippen molar-refractivity contribution in [2.45, 2.75) is 39.3 Å². The van der Waals surface area contributed by atoms with Crippen molar-refractivity contribution in [1.82, 2.24) is 19.8 Å². The van der Waals surface area contributed by atoms with Crippen LogP contribution in [-0.2, 0) is 6.42 Å². The summed E-state index contributed by atoms with van der Waals surface area (Å²) in [4.78, 5) is 6.74. The fourth-order valence-corrected chi connectivity index (χ4v) is 4.45. The predicted octanol–water partition coefficient (Wildman–Crippen LogP) is 4.65. The zero-order valence-corrected chi connectivity index (χ0v) is 17.6. The molecule has 0 saturated carbocycles. The van der Waals surface area contributed by atoms with Crippen molar-refractivity contribution < 1.29 is 0 Å². The number of pyridine rings is 1. The second-order valence-corrected chi connectivity index (χ2v) is 7.81. The highest BCUT2D eigenvalue weighted by atomic mass is 32.1. The first-order valence-electron chi connectivity index (χ1n) is 9.73. The van der Waals surface area contributed by atoms with E-state index in [0.29, 0.717) is 0 Å². The number of aryl methyl sites for hydroxylation is 2. The predicted molar refractivity (Wildman–Crippen MR) is 118 cm³/mol. The quantitative estimate of drug-likeness (QED) is 0.657. The molecule has 144 valence electrons. The largest absolute Gasteiger partial charge is 0.352 e. The van der Waals surface area contributed by atoms with E-state index >= 15 is 0 Å². The van der Waals surface area contributed by atoms with Crippen LogP contribution >= 0.6 is 12.2 Å². The molecule has 1 saturated heterocycles. The number of thiocarbonyl (C=S) groups is 1. The summed E-state index contributed by atoms with van der Waals surface area (Å²) in [5.41, 5.74) is 7.31. The lowest BCUT2D eigenvalue weighted by Gasteiger charge is -2.24. The number of likely N-dealkylation sites (N-methyl/N-ethyl adjacent to an activating group) is 1. The summed E-state index contributed by atoms with van der Waals surface area (Å²) in [7, 11) is 2.06. The first-order valence-corrected chi connectivity index (χ1v) is 10.1. The van der Waals surface area contributed by atoms with Crippen molar-refractivity contribution in [2.24, 2.45) is 0 Å². The molecule has 1 aromatic carbocycles. The van der Waals surface area contributed by atoms with E-state index in [1.54, 1.807) is 0 Å². The number of hydrogen-bond acceptors (Lipinski definition) is 2. The van der Waals surface area contributed by atoms with Crippen molar-refractivity contribution in [3.8, 4) is 5.69 Å². The van der Waals surface area contributed by atoms with Gasteiger partial charge in [-0.2, -0.15) is 0 Å². The third-order valence-electron chi connectivity index (χ3n) is 5.73. The summed E-state index contributed by atoms with van der Waals surface area (Å²) in [5, 5.41) is 4.23. The van der Waals surface area contributed by atoms with E-state index in [1.807, 2.05) is 18.3 Å². The lowest BCUT2D eigenvalue weighted by molar-refractivity contribution is 0.367. The van der Waals surface area contributed by atoms with Crippen LogP contribution < -0.4 is 5.32 Å². The van der Waals surface area contributed by atoms with Gasteiger partial charge in [-0.05, 0) is 73.9 Å². The average Bonchev–Trinajstić information content (AvgIpc) is 3.17. The van der Waals surface area contributed by atoms with Crippen molar-refractivity contribution in [2.75, 3.05) is 7.05 Å². The van der Waals surface area contributed by atoms with Crippen molar-refractivity contribution >= 4 is 17.3 Å². The number of hydrogen-bond donors (Lipinski definition) is 1. The molecule has 0 aliphatic carbocycles. The van der Waals surface area contributed by atoms with Gasteiger partial charge in [0.2, 0.25) is 0 Å². The van der Waals surface area contributed by atoms with Crippen LogP contribution in [0.5, 0.6) is 0 Å². The molecule has 0 amide bonds. The SMILES string of the molecule is CCc1ccc(-n2c(C)cc([C@@H]3[C@H](c4ccccn4)NC(=S)N3C)c2C)cc1. The Kier molecular flexibility index (Phi) is 4.94. The third kappa shape index (κ3) is 3.10. The average molecular weight is 391 g/mol. The van der Waals surface area contributed by atoms with Gasteiger partial charge in [0, 0.05) is 30.3 Å². The van der Waals surface area contributed by atoms with Gasteiger partial charge in [-0.25, -0.2) is 0 Å². The Bertz CT molecular complexity index is 991. The van der Waals surface area contributed by atoms with Gasteiger partial charge in [0.15, 0.2) is 5.11 Å². The van der Waals surface area contributed by atoms with Crippen LogP contribution in [-0.4, -0.2) is 26.6 Å². The third-order valence-corrected chi connectivity index (χ3v) is 6.14. The lowest BCUT2D eigenvalue weighted by Crippen LogP contribution is -2.25. The number of aromatic nitrogens is 2. The number of rotatable bonds is 4. The first-order chi connectivity index (χ1) is 13.5. The Hall–Kier alpha value is -2.66. The van der Waals surface area contributed by atoms with Crippen LogP contribution in [0.3, 0.4) is 0 Å². The van der Waals surface area contributed by atoms with E-state index in [0.717, 1.165) is 17.2 Å². The molecule has 2 atom stereocenters. The molecular formula is C23H26N4S. The van der Waals surface area contributed by atoms with Crippen LogP contribution in [0.1, 0.15) is 47.2 Å². The zero-order valence-electron chi connectivity index (χ0n) is 16.8. The molecule has 0 bridgehead atoms. The minimum atomic E-state index is 0.0371. The maximum absolute atomic E-state index is 5.58. The van der Waals surface area contributed by atoms with Gasteiger partial charge in [-0.15, -0.1) is 0 Å². The summed E-state index contributed by atoms with van der Waals surface area (Å²) >= 11 is 5.58. The van der Waals surface area contributed by atoms with E-state index in [2.05, 4.69) is 84.0 Å². The van der Waals surface area contributed by atoms with Gasteiger partial charge in [0.25, 0.3) is 0 Å². The minimum Gasteiger partial charge on any atom is -0.352 e. The molecule has 5 heteroatoms. The molecule has 0 radical (unpaired) electrons. The molecular weight excluding hydrogens is 364 g/mol. The maximum atomic E-state index is 5.58. The zero-order chi connectivity index (χ0) is 19.8. The minimum absolute atomic E-state index is 0.0371. The number of nitrogens with zero attached hydrogens (tertiary/aromatic N) is 3. The Morgan fingerprint density at radius 1 is 1.11 bits per heavy atom. The Morgan fingerprint density at radius 2 is 1.86 bits per heavy atom. The summed E-state index contributed by atoms with van der Waals surface area (Å²) in [6.07, 6.45) is 2.89. The van der Waals surface area contributed by atoms with Gasteiger partial charge in [-0.1, -0.05) is 25.1 Å². The molecule has 1 N–H and O–H groups in total. The molecule has 3 heterocycles. The molecule has 2 aromatic heterocycles. The molecule has 1 aliphatic rings. The second-order valence-electron chi connectivity index (χ2n) is 7.42. The van der Waals surface area contributed by atoms with E-state index in [1.165, 1.54) is 28.2 Å². The molecule has 4 nitrogen and oxygen atoms in total. The summed E-state index contributed by atoms with van der Waals surface area (Å²) in [6.45, 7) is 6.55. The van der Waals surface area contributed by atoms with Crippen LogP contribution in [0.15, 0.2) is 54.7 Å². The second kappa shape index (κ2) is 7.40. The normalized spacial score (nSPS) is 19.1. The fraction of sp³-hybridized carbons (Fsp3) is 0.304. The van der Waals surface area contributed by atoms with E-state index in [4.69, 9.17) is 12.2 Å². The highest BCUT2D eigenvalue weighted by molar-refractivity contribution is 7.80. The highest BCUT2D eigenvalue weighted by Gasteiger charge is 2.39. The summed E-state index contributed by atoms with van der Waals surface area (Å²) in [5.74, 6) is 0. The number of nitrogens with one attached hydrogen (secondary N) is 1. The van der Waals surface area contributed by atoms with Crippen LogP contribution in [0, 0.1) is 13.8 Å². The standard InChI is InChI=1S/C23H26N4S/c1-5-17-9-11-18(12-10-17)27-15(2)14-19(16(27)3)22-21(25-23(28)26(22)4)20-8-6-7-13-24-20/h6-14,21-22H,5H2,1-4H3,(H,25,28)/t21-,22+/m0/s1. The summed E-state index contributed by atoms with van der Waals surface area (Å²) < 4.78 is 2.33. The Morgan fingerprint density at radius 3 is 2.50 bits per heavy atom. The molecule has 0 unspecified atom stereocenters. The van der Waals surface area contributed by atoms with Gasteiger partial charge >= 0.3 is 0 Å². The van der Waals surface area contributed by atoms with Crippen molar-refractivity contribution in [3.05, 3.63) is 82.9 Å². The molecule has 1 fully saturated rings. The topological polar surface area (TPSA) is 33.1 Å². The summed E-state index contributed by atoms with van der Waals surface area (Å²) in [6, 6.07) is 17.3. The van der Waals surface area contributed by atoms with Gasteiger partial charge in [0.1, 0.15) is 0 Å². The van der Waals surface area contributed by atoms with Gasteiger partial charge in [0.05, 0.1) is 17.8 Å². The smallest absolute Gasteiger partial charge is 0.169 e. The molecule has 0 spiro atoms. The fourth-order valence-electron chi connectivity index (χ4n) is 4.21. The molecule has 4 rings (SSSR count). The van der Waals surface area contributed by atoms with Crippen molar-refractivity contribution in [1.29, 1.82) is 0 Å². The van der Waals surface area contributed by atoms with Crippen LogP contribution in [0.2, 0.25) is 0 Å². The van der Waals surface area contributed by atoms with E-state index in [-0.39, 0.29) is 12.1 Å². The van der Waals surface area contributed by atoms with Crippen molar-refractivity contribution in [3.63, 3.8) is 0 Å². The Labute approximate surface area is 172 Å². The van der Waals surface area contributed by atoms with E-state index < -0.39 is 0 Å². The number of benzene rings is 1. The molecule has 28 heavy (non-hydrogen) atoms. The van der Waals surface area contributed by atoms with E-state index in [9.17, 15) is 0 Å². The highest BCUT2D eigenvalue weighted by Crippen LogP contribution is 2.40. The van der Waals surface area contributed by atoms with Crippen LogP contribution in [0.4, 0.5) is 0 Å². The first kappa shape index (κ1) is 18.7. The molecule has 3 aromatic rings. The maximum Gasteiger partial charge on any atom is 0.169 e. The molecule has 1 aliphatic heterocycles. The Balaban J connectivity index is 1.78. The monoisotopic (exact) mass is 390 g/mol. The van der Waals surface area contributed by atoms with Crippen LogP contribution in [0.25, 0.3) is 5.69 Å². The van der Waals surface area contributed by atoms with Gasteiger partial charge in [-0.3, -0.25) is 4.98 Å². The van der Waals surface area contributed by atoms with Gasteiger partial charge < -0.3 is 14.8 Å².